The predicted octanol–water partition coefficient (Wildman–Crippen LogP) is 3.13. The molecule has 1 fully saturated rings. The number of nitrogens with zero attached hydrogens (tertiary/aromatic N) is 1. The molecule has 0 aliphatic heterocycles. The largest absolute Gasteiger partial charge is 0.316 e. The third-order valence-corrected chi connectivity index (χ3v) is 4.46. The first-order valence-corrected chi connectivity index (χ1v) is 7.43. The average Bonchev–Trinajstić information content (AvgIpc) is 3.12. The molecule has 0 radical (unpaired) electrons. The SMILES string of the molecule is CCCNCC(C)(CC)CN(C)C(C)C1CC1. The van der Waals surface area contributed by atoms with Crippen molar-refractivity contribution in [2.45, 2.75) is 59.4 Å². The van der Waals surface area contributed by atoms with Crippen LogP contribution in [-0.4, -0.2) is 37.6 Å². The van der Waals surface area contributed by atoms with Crippen molar-refractivity contribution in [3.8, 4) is 0 Å². The molecular weight excluding hydrogens is 208 g/mol. The van der Waals surface area contributed by atoms with E-state index >= 15 is 0 Å². The van der Waals surface area contributed by atoms with E-state index in [-0.39, 0.29) is 0 Å². The van der Waals surface area contributed by atoms with Crippen LogP contribution in [0.15, 0.2) is 0 Å². The van der Waals surface area contributed by atoms with Crippen LogP contribution < -0.4 is 5.32 Å². The fourth-order valence-corrected chi connectivity index (χ4v) is 2.54. The maximum Gasteiger partial charge on any atom is 0.00923 e. The number of rotatable bonds is 9. The van der Waals surface area contributed by atoms with Gasteiger partial charge in [0, 0.05) is 19.1 Å². The highest BCUT2D eigenvalue weighted by molar-refractivity contribution is 4.87. The quantitative estimate of drug-likeness (QED) is 0.623. The molecule has 1 aliphatic rings. The van der Waals surface area contributed by atoms with Gasteiger partial charge in [0.1, 0.15) is 0 Å². The Labute approximate surface area is 108 Å². The van der Waals surface area contributed by atoms with Crippen LogP contribution in [0, 0.1) is 11.3 Å². The molecular formula is C15H32N2. The van der Waals surface area contributed by atoms with Gasteiger partial charge >= 0.3 is 0 Å². The summed E-state index contributed by atoms with van der Waals surface area (Å²) in [6, 6.07) is 0.770. The molecule has 2 nitrogen and oxygen atoms in total. The number of hydrogen-bond donors (Lipinski definition) is 1. The van der Waals surface area contributed by atoms with Gasteiger partial charge in [-0.2, -0.15) is 0 Å². The molecule has 1 N–H and O–H groups in total. The van der Waals surface area contributed by atoms with E-state index < -0.39 is 0 Å². The van der Waals surface area contributed by atoms with Gasteiger partial charge in [0.2, 0.25) is 0 Å². The Kier molecular flexibility index (Phi) is 5.94. The standard InChI is InChI=1S/C15H32N2/c1-6-10-16-11-15(4,7-2)12-17(5)13(3)14-8-9-14/h13-14,16H,6-12H2,1-5H3. The van der Waals surface area contributed by atoms with Gasteiger partial charge in [-0.15, -0.1) is 0 Å². The molecule has 0 spiro atoms. The van der Waals surface area contributed by atoms with E-state index in [0.29, 0.717) is 5.41 Å². The summed E-state index contributed by atoms with van der Waals surface area (Å²) in [4.78, 5) is 2.58. The summed E-state index contributed by atoms with van der Waals surface area (Å²) in [7, 11) is 2.30. The number of nitrogens with one attached hydrogen (secondary N) is 1. The Morgan fingerprint density at radius 3 is 2.47 bits per heavy atom. The van der Waals surface area contributed by atoms with Crippen molar-refractivity contribution in [2.24, 2.45) is 11.3 Å². The van der Waals surface area contributed by atoms with Gasteiger partial charge < -0.3 is 10.2 Å². The van der Waals surface area contributed by atoms with E-state index in [4.69, 9.17) is 0 Å². The van der Waals surface area contributed by atoms with Crippen LogP contribution in [0.4, 0.5) is 0 Å². The first-order valence-electron chi connectivity index (χ1n) is 7.43. The highest BCUT2D eigenvalue weighted by Gasteiger charge is 2.33. The Bertz CT molecular complexity index is 213. The summed E-state index contributed by atoms with van der Waals surface area (Å²) in [5.41, 5.74) is 0.424. The lowest BCUT2D eigenvalue weighted by molar-refractivity contribution is 0.137. The summed E-state index contributed by atoms with van der Waals surface area (Å²) in [6.07, 6.45) is 5.38. The van der Waals surface area contributed by atoms with Gasteiger partial charge in [0.05, 0.1) is 0 Å². The van der Waals surface area contributed by atoms with E-state index in [9.17, 15) is 0 Å². The lowest BCUT2D eigenvalue weighted by Crippen LogP contribution is -2.44. The zero-order valence-corrected chi connectivity index (χ0v) is 12.6. The Hall–Kier alpha value is -0.0800. The molecule has 1 rings (SSSR count). The third-order valence-electron chi connectivity index (χ3n) is 4.46. The molecule has 0 aromatic rings. The van der Waals surface area contributed by atoms with Crippen LogP contribution in [-0.2, 0) is 0 Å². The molecule has 0 aromatic heterocycles. The van der Waals surface area contributed by atoms with Crippen LogP contribution >= 0.6 is 0 Å². The predicted molar refractivity (Wildman–Crippen MR) is 76.4 cm³/mol. The van der Waals surface area contributed by atoms with Crippen LogP contribution in [0.1, 0.15) is 53.4 Å². The molecule has 1 aliphatic carbocycles. The van der Waals surface area contributed by atoms with Crippen LogP contribution in [0.3, 0.4) is 0 Å². The van der Waals surface area contributed by atoms with E-state index in [0.717, 1.165) is 25.0 Å². The molecule has 2 heteroatoms. The van der Waals surface area contributed by atoms with Crippen molar-refractivity contribution in [1.29, 1.82) is 0 Å². The van der Waals surface area contributed by atoms with Gasteiger partial charge in [-0.25, -0.2) is 0 Å². The van der Waals surface area contributed by atoms with E-state index in [1.54, 1.807) is 0 Å². The Morgan fingerprint density at radius 1 is 1.35 bits per heavy atom. The van der Waals surface area contributed by atoms with E-state index in [2.05, 4.69) is 45.0 Å². The Morgan fingerprint density at radius 2 is 2.00 bits per heavy atom. The molecule has 0 heterocycles. The van der Waals surface area contributed by atoms with Crippen LogP contribution in [0.2, 0.25) is 0 Å². The van der Waals surface area contributed by atoms with Gasteiger partial charge in [-0.05, 0) is 57.5 Å². The first-order chi connectivity index (χ1) is 8.02. The molecule has 2 atom stereocenters. The van der Waals surface area contributed by atoms with Gasteiger partial charge in [-0.3, -0.25) is 0 Å². The summed E-state index contributed by atoms with van der Waals surface area (Å²) < 4.78 is 0. The topological polar surface area (TPSA) is 15.3 Å². The maximum atomic E-state index is 3.59. The highest BCUT2D eigenvalue weighted by atomic mass is 15.1. The molecule has 0 bridgehead atoms. The van der Waals surface area contributed by atoms with Gasteiger partial charge in [0.25, 0.3) is 0 Å². The molecule has 0 saturated heterocycles. The third kappa shape index (κ3) is 4.97. The average molecular weight is 240 g/mol. The minimum atomic E-state index is 0.424. The maximum absolute atomic E-state index is 3.59. The summed E-state index contributed by atoms with van der Waals surface area (Å²) in [5.74, 6) is 0.977. The zero-order chi connectivity index (χ0) is 12.9. The monoisotopic (exact) mass is 240 g/mol. The fourth-order valence-electron chi connectivity index (χ4n) is 2.54. The van der Waals surface area contributed by atoms with E-state index in [1.807, 2.05) is 0 Å². The number of hydrogen-bond acceptors (Lipinski definition) is 2. The highest BCUT2D eigenvalue weighted by Crippen LogP contribution is 2.35. The van der Waals surface area contributed by atoms with Crippen molar-refractivity contribution in [1.82, 2.24) is 10.2 Å². The second kappa shape index (κ2) is 6.75. The lowest BCUT2D eigenvalue weighted by atomic mass is 9.86. The Balaban J connectivity index is 2.36. The van der Waals surface area contributed by atoms with E-state index in [1.165, 1.54) is 32.2 Å². The fraction of sp³-hybridized carbons (Fsp3) is 1.00. The van der Waals surface area contributed by atoms with Crippen molar-refractivity contribution in [2.75, 3.05) is 26.7 Å². The van der Waals surface area contributed by atoms with Crippen molar-refractivity contribution in [3.05, 3.63) is 0 Å². The van der Waals surface area contributed by atoms with Crippen LogP contribution in [0.25, 0.3) is 0 Å². The van der Waals surface area contributed by atoms with Crippen molar-refractivity contribution >= 4 is 0 Å². The molecule has 102 valence electrons. The summed E-state index contributed by atoms with van der Waals surface area (Å²) >= 11 is 0. The zero-order valence-electron chi connectivity index (χ0n) is 12.6. The molecule has 17 heavy (non-hydrogen) atoms. The smallest absolute Gasteiger partial charge is 0.00923 e. The van der Waals surface area contributed by atoms with Crippen molar-refractivity contribution < 1.29 is 0 Å². The second-order valence-corrected chi connectivity index (χ2v) is 6.33. The van der Waals surface area contributed by atoms with Gasteiger partial charge in [-0.1, -0.05) is 20.8 Å². The molecule has 2 unspecified atom stereocenters. The van der Waals surface area contributed by atoms with Gasteiger partial charge in [0.15, 0.2) is 0 Å². The normalized spacial score (nSPS) is 21.5. The molecule has 0 amide bonds. The first kappa shape index (κ1) is 15.0. The van der Waals surface area contributed by atoms with Crippen molar-refractivity contribution in [3.63, 3.8) is 0 Å². The molecule has 1 saturated carbocycles. The molecule has 0 aromatic carbocycles. The summed E-state index contributed by atoms with van der Waals surface area (Å²) in [5, 5.41) is 3.59. The van der Waals surface area contributed by atoms with Crippen LogP contribution in [0.5, 0.6) is 0 Å². The summed E-state index contributed by atoms with van der Waals surface area (Å²) in [6.45, 7) is 12.9. The minimum absolute atomic E-state index is 0.424. The minimum Gasteiger partial charge on any atom is -0.316 e. The second-order valence-electron chi connectivity index (χ2n) is 6.33. The lowest BCUT2D eigenvalue weighted by Gasteiger charge is -2.36.